The van der Waals surface area contributed by atoms with Crippen LogP contribution in [0.1, 0.15) is 84.3 Å². The topological polar surface area (TPSA) is 216 Å². The van der Waals surface area contributed by atoms with Gasteiger partial charge in [0.1, 0.15) is 52.8 Å². The number of methoxy groups -OCH3 is 1. The number of carbonyl (C=O) groups is 4. The molecule has 7 rings (SSSR count). The molecule has 4 aromatic rings. The maximum Gasteiger partial charge on any atom is 0.409 e. The number of para-hydroxylation sites is 1. The number of amides is 4. The van der Waals surface area contributed by atoms with E-state index >= 15 is 0 Å². The number of pyridine rings is 1. The molecule has 19 heteroatoms. The molecular weight excluding hydrogens is 887 g/mol. The van der Waals surface area contributed by atoms with E-state index in [9.17, 15) is 27.6 Å². The summed E-state index contributed by atoms with van der Waals surface area (Å²) < 4.78 is 52.0. The van der Waals surface area contributed by atoms with Gasteiger partial charge in [-0.1, -0.05) is 45.0 Å². The van der Waals surface area contributed by atoms with Crippen molar-refractivity contribution in [3.05, 3.63) is 71.6 Å². The number of likely N-dealkylation sites (tertiary alicyclic amines) is 1. The minimum atomic E-state index is -4.72. The number of carbonyl (C=O) groups excluding carboxylic acids is 4. The maximum absolute atomic E-state index is 14.9. The number of nitrogens with one attached hydrogen (secondary N) is 4. The average molecular weight is 946 g/mol. The summed E-state index contributed by atoms with van der Waals surface area (Å²) in [7, 11) is -3.16. The molecule has 2 aliphatic carbocycles. The van der Waals surface area contributed by atoms with Gasteiger partial charge in [0, 0.05) is 41.3 Å². The highest BCUT2D eigenvalue weighted by Crippen LogP contribution is 2.45. The zero-order valence-corrected chi connectivity index (χ0v) is 40.2. The second-order valence-corrected chi connectivity index (χ2v) is 20.8. The molecule has 2 aromatic carbocycles. The fraction of sp³-hybridized carbons (Fsp3) is 0.489. The van der Waals surface area contributed by atoms with Crippen molar-refractivity contribution in [2.45, 2.75) is 123 Å². The van der Waals surface area contributed by atoms with Gasteiger partial charge in [-0.3, -0.25) is 14.4 Å². The van der Waals surface area contributed by atoms with Crippen LogP contribution in [0, 0.1) is 25.2 Å². The molecule has 354 valence electrons. The molecule has 2 saturated carbocycles. The third-order valence-electron chi connectivity index (χ3n) is 12.1. The van der Waals surface area contributed by atoms with E-state index in [0.29, 0.717) is 44.9 Å². The molecule has 0 bridgehead atoms. The molecular formula is C47H59N7O10S2. The highest BCUT2D eigenvalue weighted by molar-refractivity contribution is 7.85. The van der Waals surface area contributed by atoms with Crippen molar-refractivity contribution in [2.75, 3.05) is 19.0 Å². The number of benzene rings is 2. The lowest BCUT2D eigenvalue weighted by atomic mass is 9.85. The number of ether oxygens (including phenoxy) is 3. The van der Waals surface area contributed by atoms with Crippen molar-refractivity contribution in [3.63, 3.8) is 0 Å². The number of aryl methyl sites for hydroxylation is 2. The molecule has 17 nitrogen and oxygen atoms in total. The summed E-state index contributed by atoms with van der Waals surface area (Å²) in [4.78, 5) is 68.0. The number of rotatable bonds is 16. The van der Waals surface area contributed by atoms with Gasteiger partial charge in [-0.05, 0) is 88.5 Å². The van der Waals surface area contributed by atoms with Crippen LogP contribution >= 0.6 is 11.3 Å². The van der Waals surface area contributed by atoms with Gasteiger partial charge in [-0.2, -0.15) is 8.42 Å². The van der Waals surface area contributed by atoms with Crippen LogP contribution in [0.5, 0.6) is 17.2 Å². The summed E-state index contributed by atoms with van der Waals surface area (Å²) in [5, 5.41) is 12.2. The van der Waals surface area contributed by atoms with Crippen molar-refractivity contribution in [3.8, 4) is 28.6 Å². The average Bonchev–Trinajstić information content (AvgIpc) is 3.66. The summed E-state index contributed by atoms with van der Waals surface area (Å²) in [5.74, 6) is -1.94. The molecule has 3 heterocycles. The van der Waals surface area contributed by atoms with Crippen molar-refractivity contribution in [1.82, 2.24) is 30.2 Å². The molecule has 2 aromatic heterocycles. The van der Waals surface area contributed by atoms with Crippen LogP contribution in [0.25, 0.3) is 22.3 Å². The first-order chi connectivity index (χ1) is 31.2. The smallest absolute Gasteiger partial charge is 0.409 e. The Balaban J connectivity index is 1.20. The highest BCUT2D eigenvalue weighted by atomic mass is 32.2. The van der Waals surface area contributed by atoms with Crippen molar-refractivity contribution in [2.24, 2.45) is 11.3 Å². The first-order valence-corrected chi connectivity index (χ1v) is 24.4. The number of aromatic nitrogens is 2. The van der Waals surface area contributed by atoms with Crippen molar-refractivity contribution in [1.29, 1.82) is 0 Å². The van der Waals surface area contributed by atoms with Gasteiger partial charge in [0.2, 0.25) is 11.8 Å². The number of hydrogen-bond acceptors (Lipinski definition) is 14. The normalized spacial score (nSPS) is 21.2. The second kappa shape index (κ2) is 19.1. The van der Waals surface area contributed by atoms with Crippen LogP contribution in [0.2, 0.25) is 0 Å². The zero-order valence-electron chi connectivity index (χ0n) is 38.6. The van der Waals surface area contributed by atoms with E-state index in [1.807, 2.05) is 30.0 Å². The number of hydrogen-bond donors (Lipinski definition) is 4. The number of alkyl carbamates (subject to hydrolysis) is 1. The number of thiazole rings is 1. The molecule has 4 amide bonds. The Kier molecular flexibility index (Phi) is 13.9. The van der Waals surface area contributed by atoms with Crippen molar-refractivity contribution < 1.29 is 46.0 Å². The van der Waals surface area contributed by atoms with E-state index in [-0.39, 0.29) is 37.3 Å². The fourth-order valence-electron chi connectivity index (χ4n) is 8.52. The van der Waals surface area contributed by atoms with E-state index in [2.05, 4.69) is 22.5 Å². The van der Waals surface area contributed by atoms with Gasteiger partial charge < -0.3 is 39.2 Å². The molecule has 5 atom stereocenters. The summed E-state index contributed by atoms with van der Waals surface area (Å²) in [6.45, 7) is 16.5. The maximum atomic E-state index is 14.9. The van der Waals surface area contributed by atoms with Gasteiger partial charge in [0.25, 0.3) is 5.91 Å². The minimum absolute atomic E-state index is 0.0347. The second-order valence-electron chi connectivity index (χ2n) is 18.7. The Labute approximate surface area is 389 Å². The monoisotopic (exact) mass is 945 g/mol. The fourth-order valence-corrected chi connectivity index (χ4v) is 10.3. The predicted molar refractivity (Wildman–Crippen MR) is 251 cm³/mol. The molecule has 3 aliphatic rings. The molecule has 1 saturated heterocycles. The van der Waals surface area contributed by atoms with Crippen LogP contribution in [-0.4, -0.2) is 96.6 Å². The van der Waals surface area contributed by atoms with Gasteiger partial charge in [0.15, 0.2) is 5.13 Å². The summed E-state index contributed by atoms with van der Waals surface area (Å²) in [6, 6.07) is 10.00. The Morgan fingerprint density at radius 1 is 1.00 bits per heavy atom. The molecule has 66 heavy (non-hydrogen) atoms. The highest BCUT2D eigenvalue weighted by Gasteiger charge is 2.62. The van der Waals surface area contributed by atoms with Crippen LogP contribution in [0.15, 0.2) is 60.5 Å². The number of fused-ring (bicyclic) bond motifs is 1. The third-order valence-corrected chi connectivity index (χ3v) is 13.7. The molecule has 1 unspecified atom stereocenters. The Morgan fingerprint density at radius 2 is 1.71 bits per heavy atom. The number of nitrogens with zero attached hydrogens (tertiary/aromatic N) is 3. The lowest BCUT2D eigenvalue weighted by Gasteiger charge is -2.35. The first-order valence-electron chi connectivity index (χ1n) is 22.1. The third kappa shape index (κ3) is 10.7. The van der Waals surface area contributed by atoms with Gasteiger partial charge in [-0.15, -0.1) is 17.9 Å². The lowest BCUT2D eigenvalue weighted by Crippen LogP contribution is -2.60. The van der Waals surface area contributed by atoms with Gasteiger partial charge in [-0.25, -0.2) is 19.5 Å². The van der Waals surface area contributed by atoms with E-state index in [4.69, 9.17) is 28.4 Å². The lowest BCUT2D eigenvalue weighted by molar-refractivity contribution is -0.143. The SMILES string of the molecule is C=CC1C[C@]1(NC(=O)[C@@H]1C[C@@H](Oc2cc(-c3csc(NC(C)C)n3)nc3cc(OC)ccc23)CN1C(=O)[C@@H](NC(=O)OC1CCCC1)C(C)(C)C)C(=O)NS(=O)(=O)Oc1c(C)cccc1C. The summed E-state index contributed by atoms with van der Waals surface area (Å²) >= 11 is 1.44. The van der Waals surface area contributed by atoms with E-state index in [1.165, 1.54) is 22.3 Å². The van der Waals surface area contributed by atoms with Crippen molar-refractivity contribution >= 4 is 61.5 Å². The largest absolute Gasteiger partial charge is 0.497 e. The predicted octanol–water partition coefficient (Wildman–Crippen LogP) is 6.74. The first kappa shape index (κ1) is 48.0. The molecule has 0 radical (unpaired) electrons. The number of anilines is 1. The van der Waals surface area contributed by atoms with Crippen LogP contribution < -0.4 is 34.3 Å². The summed E-state index contributed by atoms with van der Waals surface area (Å²) in [6.07, 6.45) is 2.98. The van der Waals surface area contributed by atoms with Crippen LogP contribution in [-0.2, 0) is 29.4 Å². The summed E-state index contributed by atoms with van der Waals surface area (Å²) in [5.41, 5.74) is 0.167. The van der Waals surface area contributed by atoms with Gasteiger partial charge >= 0.3 is 16.4 Å². The standard InChI is InChI=1S/C47H59N7O10S2/c1-10-29-23-47(29,43(57)53-66(59,60)64-39-27(4)14-13-15-28(39)5)52-41(55)37-21-32(24-54(37)42(56)40(46(6,7)8)51-45(58)63-30-16-11-12-17-30)62-38-22-35(36-25-65-44(50-36)48-26(2)3)49-34-20-31(61-9)18-19-33(34)38/h10,13-15,18-20,22,25-26,29-30,32,37,40H,1,11-12,16-17,21,23-24H2,2-9H3,(H,48,50)(H,51,58)(H,52,55)(H,53,57)/t29?,32-,37+,40-,47-/m1/s1. The Hall–Kier alpha value is -5.95. The molecule has 3 fully saturated rings. The minimum Gasteiger partial charge on any atom is -0.497 e. The van der Waals surface area contributed by atoms with Gasteiger partial charge in [0.05, 0.1) is 24.9 Å². The van der Waals surface area contributed by atoms with E-state index < -0.39 is 69.2 Å². The van der Waals surface area contributed by atoms with E-state index in [1.54, 1.807) is 78.1 Å². The Bertz CT molecular complexity index is 2600. The quantitative estimate of drug-likeness (QED) is 0.0858. The molecule has 4 N–H and O–H groups in total. The molecule has 1 aliphatic heterocycles. The zero-order chi connectivity index (χ0) is 47.7. The van der Waals surface area contributed by atoms with E-state index in [0.717, 1.165) is 30.8 Å². The van der Waals surface area contributed by atoms with Crippen LogP contribution in [0.4, 0.5) is 9.93 Å². The molecule has 0 spiro atoms. The van der Waals surface area contributed by atoms with Crippen LogP contribution in [0.3, 0.4) is 0 Å². The Morgan fingerprint density at radius 3 is 2.35 bits per heavy atom.